The number of ketones is 2. The SMILES string of the molecule is CC(C(O)C(=O)O)[C@]1(C(=O)C=O)CC[C@H]2[C@@H]3C[C@H](F)C4=CC(=O)C=C[C@]4(C)[C@@]34O[C@H]4C[C@@]21C. The zero-order valence-corrected chi connectivity index (χ0v) is 18.9. The molecule has 1 aliphatic heterocycles. The minimum atomic E-state index is -1.81. The van der Waals surface area contributed by atoms with Crippen molar-refractivity contribution in [3.8, 4) is 0 Å². The topological polar surface area (TPSA) is 121 Å². The number of aliphatic carboxylic acids is 1. The van der Waals surface area contributed by atoms with Crippen LogP contribution in [0.1, 0.15) is 46.5 Å². The van der Waals surface area contributed by atoms with Gasteiger partial charge in [0, 0.05) is 16.7 Å². The summed E-state index contributed by atoms with van der Waals surface area (Å²) in [5, 5.41) is 19.9. The van der Waals surface area contributed by atoms with E-state index in [4.69, 9.17) is 4.74 Å². The molecule has 7 nitrogen and oxygen atoms in total. The van der Waals surface area contributed by atoms with Crippen molar-refractivity contribution in [2.45, 2.75) is 70.4 Å². The highest BCUT2D eigenvalue weighted by atomic mass is 19.1. The van der Waals surface area contributed by atoms with E-state index in [1.54, 1.807) is 6.08 Å². The third-order valence-electron chi connectivity index (χ3n) is 10.2. The first-order valence-electron chi connectivity index (χ1n) is 11.6. The summed E-state index contributed by atoms with van der Waals surface area (Å²) in [6, 6.07) is 0. The van der Waals surface area contributed by atoms with Gasteiger partial charge >= 0.3 is 5.97 Å². The number of carboxylic acid groups (broad SMARTS) is 1. The predicted octanol–water partition coefficient (Wildman–Crippen LogP) is 2.21. The number of carboxylic acids is 1. The minimum absolute atomic E-state index is 0.139. The number of hydrogen-bond donors (Lipinski definition) is 2. The van der Waals surface area contributed by atoms with E-state index >= 15 is 4.39 Å². The molecule has 0 aromatic carbocycles. The average Bonchev–Trinajstić information content (AvgIpc) is 3.41. The maximum atomic E-state index is 15.5. The average molecular weight is 460 g/mol. The van der Waals surface area contributed by atoms with Crippen LogP contribution in [-0.4, -0.2) is 58.0 Å². The molecule has 33 heavy (non-hydrogen) atoms. The number of aliphatic hydroxyl groups is 1. The molecule has 0 aromatic heterocycles. The van der Waals surface area contributed by atoms with Crippen molar-refractivity contribution in [1.82, 2.24) is 0 Å². The minimum Gasteiger partial charge on any atom is -0.479 e. The molecule has 178 valence electrons. The number of halogens is 1. The molecule has 5 aliphatic rings. The van der Waals surface area contributed by atoms with Crippen LogP contribution in [-0.2, 0) is 23.9 Å². The molecule has 1 spiro atoms. The Morgan fingerprint density at radius 3 is 2.64 bits per heavy atom. The molecule has 1 heterocycles. The van der Waals surface area contributed by atoms with Crippen LogP contribution in [0.25, 0.3) is 0 Å². The van der Waals surface area contributed by atoms with Gasteiger partial charge in [0.15, 0.2) is 18.2 Å². The van der Waals surface area contributed by atoms with E-state index in [1.807, 2.05) is 13.8 Å². The van der Waals surface area contributed by atoms with Gasteiger partial charge in [-0.25, -0.2) is 9.18 Å². The van der Waals surface area contributed by atoms with Crippen molar-refractivity contribution in [2.24, 2.45) is 34.0 Å². The van der Waals surface area contributed by atoms with Crippen LogP contribution in [0, 0.1) is 34.0 Å². The van der Waals surface area contributed by atoms with Gasteiger partial charge in [-0.2, -0.15) is 0 Å². The number of ether oxygens (including phenoxy) is 1. The van der Waals surface area contributed by atoms with Gasteiger partial charge < -0.3 is 14.9 Å². The highest BCUT2D eigenvalue weighted by Gasteiger charge is 2.82. The first-order valence-corrected chi connectivity index (χ1v) is 11.6. The van der Waals surface area contributed by atoms with Crippen molar-refractivity contribution < 1.29 is 38.5 Å². The van der Waals surface area contributed by atoms with E-state index < -0.39 is 51.8 Å². The Morgan fingerprint density at radius 1 is 1.30 bits per heavy atom. The summed E-state index contributed by atoms with van der Waals surface area (Å²) in [4.78, 5) is 48.6. The highest BCUT2D eigenvalue weighted by molar-refractivity contribution is 6.28. The summed E-state index contributed by atoms with van der Waals surface area (Å²) in [7, 11) is 0. The second-order valence-corrected chi connectivity index (χ2v) is 11.0. The van der Waals surface area contributed by atoms with Gasteiger partial charge in [0.1, 0.15) is 11.8 Å². The fourth-order valence-corrected chi connectivity index (χ4v) is 8.67. The molecule has 2 unspecified atom stereocenters. The molecular weight excluding hydrogens is 431 g/mol. The number of hydrogen-bond acceptors (Lipinski definition) is 6. The Balaban J connectivity index is 1.62. The molecule has 5 rings (SSSR count). The van der Waals surface area contributed by atoms with Crippen molar-refractivity contribution in [1.29, 1.82) is 0 Å². The van der Waals surface area contributed by atoms with Gasteiger partial charge in [0.2, 0.25) is 5.78 Å². The van der Waals surface area contributed by atoms with Gasteiger partial charge in [0.05, 0.1) is 6.10 Å². The highest BCUT2D eigenvalue weighted by Crippen LogP contribution is 2.78. The molecule has 3 saturated carbocycles. The number of carbonyl (C=O) groups is 4. The maximum absolute atomic E-state index is 15.5. The number of fused-ring (bicyclic) bond motifs is 3. The van der Waals surface area contributed by atoms with E-state index in [0.29, 0.717) is 18.4 Å². The zero-order valence-electron chi connectivity index (χ0n) is 18.9. The molecule has 4 aliphatic carbocycles. The van der Waals surface area contributed by atoms with Gasteiger partial charge in [-0.1, -0.05) is 19.9 Å². The Labute approximate surface area is 191 Å². The fourth-order valence-electron chi connectivity index (χ4n) is 8.67. The molecule has 1 saturated heterocycles. The van der Waals surface area contributed by atoms with Crippen LogP contribution in [0.15, 0.2) is 23.8 Å². The quantitative estimate of drug-likeness (QED) is 0.366. The van der Waals surface area contributed by atoms with Crippen molar-refractivity contribution >= 4 is 23.8 Å². The lowest BCUT2D eigenvalue weighted by Gasteiger charge is -2.58. The van der Waals surface area contributed by atoms with E-state index in [9.17, 15) is 29.4 Å². The Morgan fingerprint density at radius 2 is 2.00 bits per heavy atom. The van der Waals surface area contributed by atoms with Gasteiger partial charge in [-0.05, 0) is 67.6 Å². The summed E-state index contributed by atoms with van der Waals surface area (Å²) in [6.45, 7) is 5.29. The number of rotatable bonds is 5. The Kier molecular flexibility index (Phi) is 4.58. The molecule has 2 N–H and O–H groups in total. The van der Waals surface area contributed by atoms with Crippen LogP contribution in [0.5, 0.6) is 0 Å². The molecule has 10 atom stereocenters. The van der Waals surface area contributed by atoms with Crippen LogP contribution in [0.4, 0.5) is 4.39 Å². The fraction of sp³-hybridized carbons (Fsp3) is 0.680. The third kappa shape index (κ3) is 2.41. The summed E-state index contributed by atoms with van der Waals surface area (Å²) < 4.78 is 21.9. The molecule has 8 heteroatoms. The number of alkyl halides is 1. The standard InChI is InChI=1S/C25H29FO7/c1-12(20(30)21(31)32)24(18(29)11-27)7-5-14-15-9-17(26)16-8-13(28)4-6-22(16,2)25(15)19(33-25)10-23(14,24)3/h4,6,8,11-12,14-15,17,19-20,30H,5,7,9-10H2,1-3H3,(H,31,32)/t12?,14-,15-,17-,19-,20?,22-,23-,24-,25+/m0/s1. The molecule has 0 bridgehead atoms. The van der Waals surface area contributed by atoms with E-state index in [2.05, 4.69) is 0 Å². The molecule has 0 radical (unpaired) electrons. The van der Waals surface area contributed by atoms with E-state index in [1.165, 1.54) is 19.1 Å². The van der Waals surface area contributed by atoms with Gasteiger partial charge in [-0.3, -0.25) is 14.4 Å². The number of allylic oxidation sites excluding steroid dienone is 2. The van der Waals surface area contributed by atoms with Crippen LogP contribution < -0.4 is 0 Å². The first kappa shape index (κ1) is 22.6. The summed E-state index contributed by atoms with van der Waals surface area (Å²) in [5.41, 5.74) is -3.28. The summed E-state index contributed by atoms with van der Waals surface area (Å²) in [5.74, 6) is -3.88. The van der Waals surface area contributed by atoms with Crippen LogP contribution in [0.3, 0.4) is 0 Å². The smallest absolute Gasteiger partial charge is 0.332 e. The normalized spacial score (nSPS) is 49.0. The third-order valence-corrected chi connectivity index (χ3v) is 10.2. The molecule has 0 amide bonds. The number of Topliss-reactive ketones (excluding diaryl/α,β-unsaturated/α-hetero) is 1. The lowest BCUT2D eigenvalue weighted by Crippen LogP contribution is -2.62. The predicted molar refractivity (Wildman–Crippen MR) is 113 cm³/mol. The molecule has 4 fully saturated rings. The lowest BCUT2D eigenvalue weighted by molar-refractivity contribution is -0.165. The molecular formula is C25H29FO7. The second kappa shape index (κ2) is 6.69. The van der Waals surface area contributed by atoms with Crippen molar-refractivity contribution in [3.63, 3.8) is 0 Å². The van der Waals surface area contributed by atoms with Gasteiger partial charge in [-0.15, -0.1) is 0 Å². The second-order valence-electron chi connectivity index (χ2n) is 11.0. The van der Waals surface area contributed by atoms with E-state index in [-0.39, 0.29) is 42.9 Å². The number of aliphatic hydroxyl groups excluding tert-OH is 1. The number of carbonyl (C=O) groups excluding carboxylic acids is 3. The summed E-state index contributed by atoms with van der Waals surface area (Å²) >= 11 is 0. The van der Waals surface area contributed by atoms with E-state index in [0.717, 1.165) is 0 Å². The van der Waals surface area contributed by atoms with Crippen LogP contribution in [0.2, 0.25) is 0 Å². The Bertz CT molecular complexity index is 1030. The van der Waals surface area contributed by atoms with Crippen LogP contribution >= 0.6 is 0 Å². The molecule has 0 aromatic rings. The first-order chi connectivity index (χ1) is 15.4. The van der Waals surface area contributed by atoms with Crippen molar-refractivity contribution in [2.75, 3.05) is 0 Å². The van der Waals surface area contributed by atoms with Crippen molar-refractivity contribution in [3.05, 3.63) is 23.8 Å². The largest absolute Gasteiger partial charge is 0.479 e. The maximum Gasteiger partial charge on any atom is 0.332 e. The summed E-state index contributed by atoms with van der Waals surface area (Å²) in [6.07, 6.45) is 2.64. The number of aldehydes is 1. The van der Waals surface area contributed by atoms with Gasteiger partial charge in [0.25, 0.3) is 0 Å². The monoisotopic (exact) mass is 460 g/mol. The zero-order chi connectivity index (χ0) is 24.1. The number of epoxide rings is 1. The Hall–Kier alpha value is -2.19. The lowest BCUT2D eigenvalue weighted by atomic mass is 9.43.